The molecule has 108 valence electrons. The molecular weight excluding hydrogens is 258 g/mol. The van der Waals surface area contributed by atoms with E-state index in [0.29, 0.717) is 18.0 Å². The van der Waals surface area contributed by atoms with Gasteiger partial charge in [-0.25, -0.2) is 4.39 Å². The summed E-state index contributed by atoms with van der Waals surface area (Å²) in [5.41, 5.74) is -0.771. The normalized spacial score (nSPS) is 13.9. The third-order valence-corrected chi connectivity index (χ3v) is 2.82. The summed E-state index contributed by atoms with van der Waals surface area (Å²) in [6.45, 7) is 6.45. The first-order valence-corrected chi connectivity index (χ1v) is 6.29. The van der Waals surface area contributed by atoms with Gasteiger partial charge in [0.2, 0.25) is 0 Å². The number of hydrogen-bond donors (Lipinski definition) is 1. The van der Waals surface area contributed by atoms with Crippen LogP contribution in [0.25, 0.3) is 0 Å². The average Bonchev–Trinajstić information content (AvgIpc) is 2.25. The Hall–Kier alpha value is -1.10. The van der Waals surface area contributed by atoms with Gasteiger partial charge in [-0.15, -0.1) is 0 Å². The lowest BCUT2D eigenvalue weighted by atomic mass is 10.0. The molecule has 1 nitrogen and oxygen atoms in total. The summed E-state index contributed by atoms with van der Waals surface area (Å²) in [6, 6.07) is 3.32. The summed E-state index contributed by atoms with van der Waals surface area (Å²) < 4.78 is 50.7. The zero-order chi connectivity index (χ0) is 14.6. The molecule has 0 saturated carbocycles. The molecule has 0 bridgehead atoms. The van der Waals surface area contributed by atoms with E-state index in [1.54, 1.807) is 0 Å². The van der Waals surface area contributed by atoms with Crippen LogP contribution >= 0.6 is 0 Å². The lowest BCUT2D eigenvalue weighted by molar-refractivity contribution is -0.140. The second kappa shape index (κ2) is 6.37. The van der Waals surface area contributed by atoms with Crippen molar-refractivity contribution in [3.05, 3.63) is 35.1 Å². The first kappa shape index (κ1) is 16.0. The van der Waals surface area contributed by atoms with Crippen molar-refractivity contribution in [1.29, 1.82) is 0 Å². The van der Waals surface area contributed by atoms with Crippen molar-refractivity contribution in [3.63, 3.8) is 0 Å². The number of halogens is 4. The van der Waals surface area contributed by atoms with E-state index in [2.05, 4.69) is 19.2 Å². The molecule has 0 aromatic heterocycles. The molecule has 0 fully saturated rings. The van der Waals surface area contributed by atoms with Gasteiger partial charge >= 0.3 is 6.18 Å². The molecule has 0 spiro atoms. The minimum Gasteiger partial charge on any atom is -0.310 e. The van der Waals surface area contributed by atoms with Crippen molar-refractivity contribution < 1.29 is 17.6 Å². The Bertz CT molecular complexity index is 412. The van der Waals surface area contributed by atoms with E-state index in [0.717, 1.165) is 18.6 Å². The Morgan fingerprint density at radius 1 is 1.16 bits per heavy atom. The van der Waals surface area contributed by atoms with Gasteiger partial charge in [-0.2, -0.15) is 13.2 Å². The maximum absolute atomic E-state index is 13.1. The lowest BCUT2D eigenvalue weighted by Gasteiger charge is -2.16. The van der Waals surface area contributed by atoms with Gasteiger partial charge in [0.05, 0.1) is 5.56 Å². The van der Waals surface area contributed by atoms with E-state index in [-0.39, 0.29) is 6.04 Å². The molecule has 0 aliphatic heterocycles. The zero-order valence-electron chi connectivity index (χ0n) is 11.3. The van der Waals surface area contributed by atoms with Gasteiger partial charge in [-0.1, -0.05) is 19.9 Å². The van der Waals surface area contributed by atoms with Crippen molar-refractivity contribution in [2.45, 2.75) is 46.0 Å². The predicted octanol–water partition coefficient (Wildman–Crippen LogP) is 4.37. The van der Waals surface area contributed by atoms with Crippen molar-refractivity contribution in [1.82, 2.24) is 5.32 Å². The van der Waals surface area contributed by atoms with Gasteiger partial charge in [-0.05, 0) is 37.0 Å². The van der Waals surface area contributed by atoms with E-state index in [1.807, 2.05) is 6.92 Å². The predicted molar refractivity (Wildman–Crippen MR) is 67.2 cm³/mol. The quantitative estimate of drug-likeness (QED) is 0.788. The molecule has 0 aliphatic carbocycles. The number of alkyl halides is 3. The number of benzene rings is 1. The van der Waals surface area contributed by atoms with Crippen LogP contribution in [-0.4, -0.2) is 6.04 Å². The van der Waals surface area contributed by atoms with Crippen molar-refractivity contribution in [3.8, 4) is 0 Å². The first-order valence-electron chi connectivity index (χ1n) is 6.29. The minimum absolute atomic E-state index is 0.208. The van der Waals surface area contributed by atoms with Crippen LogP contribution in [0.2, 0.25) is 0 Å². The monoisotopic (exact) mass is 277 g/mol. The number of hydrogen-bond acceptors (Lipinski definition) is 1. The minimum atomic E-state index is -4.65. The zero-order valence-corrected chi connectivity index (χ0v) is 11.3. The number of rotatable bonds is 5. The van der Waals surface area contributed by atoms with Gasteiger partial charge in [0.15, 0.2) is 0 Å². The molecule has 1 unspecified atom stereocenters. The van der Waals surface area contributed by atoms with E-state index in [9.17, 15) is 17.6 Å². The summed E-state index contributed by atoms with van der Waals surface area (Å²) >= 11 is 0. The van der Waals surface area contributed by atoms with E-state index in [4.69, 9.17) is 0 Å². The molecular formula is C14H19F4N. The highest BCUT2D eigenvalue weighted by molar-refractivity contribution is 5.27. The maximum Gasteiger partial charge on any atom is 0.419 e. The van der Waals surface area contributed by atoms with Gasteiger partial charge in [0.1, 0.15) is 5.82 Å². The highest BCUT2D eigenvalue weighted by Crippen LogP contribution is 2.31. The largest absolute Gasteiger partial charge is 0.419 e. The van der Waals surface area contributed by atoms with Gasteiger partial charge < -0.3 is 5.32 Å². The van der Waals surface area contributed by atoms with Crippen molar-refractivity contribution >= 4 is 0 Å². The highest BCUT2D eigenvalue weighted by Gasteiger charge is 2.34. The molecule has 1 aromatic carbocycles. The van der Waals surface area contributed by atoms with Gasteiger partial charge in [-0.3, -0.25) is 0 Å². The Morgan fingerprint density at radius 3 is 2.32 bits per heavy atom. The molecule has 1 N–H and O–H groups in total. The second-order valence-corrected chi connectivity index (χ2v) is 5.22. The Kier molecular flexibility index (Phi) is 5.35. The highest BCUT2D eigenvalue weighted by atomic mass is 19.4. The van der Waals surface area contributed by atoms with Crippen LogP contribution in [0.5, 0.6) is 0 Å². The van der Waals surface area contributed by atoms with Gasteiger partial charge in [0, 0.05) is 12.6 Å². The lowest BCUT2D eigenvalue weighted by Crippen LogP contribution is -2.27. The second-order valence-electron chi connectivity index (χ2n) is 5.22. The van der Waals surface area contributed by atoms with E-state index < -0.39 is 17.6 Å². The molecule has 5 heteroatoms. The molecule has 19 heavy (non-hydrogen) atoms. The molecule has 1 rings (SSSR count). The number of nitrogens with one attached hydrogen (secondary N) is 1. The molecule has 0 radical (unpaired) electrons. The fraction of sp³-hybridized carbons (Fsp3) is 0.571. The van der Waals surface area contributed by atoms with Crippen LogP contribution in [-0.2, 0) is 12.7 Å². The van der Waals surface area contributed by atoms with Crippen LogP contribution in [0, 0.1) is 11.7 Å². The van der Waals surface area contributed by atoms with Crippen LogP contribution in [0.3, 0.4) is 0 Å². The first-order chi connectivity index (χ1) is 8.70. The van der Waals surface area contributed by atoms with Crippen molar-refractivity contribution in [2.75, 3.05) is 0 Å². The molecule has 0 heterocycles. The Morgan fingerprint density at radius 2 is 1.79 bits per heavy atom. The third-order valence-electron chi connectivity index (χ3n) is 2.82. The summed E-state index contributed by atoms with van der Waals surface area (Å²) in [5, 5.41) is 3.14. The van der Waals surface area contributed by atoms with Gasteiger partial charge in [0.25, 0.3) is 0 Å². The molecule has 1 atom stereocenters. The smallest absolute Gasteiger partial charge is 0.310 e. The standard InChI is InChI=1S/C14H19F4N/c1-9(2)6-10(3)19-8-11-4-5-13(15)12(7-11)14(16,17)18/h4-5,7,9-10,19H,6,8H2,1-3H3. The van der Waals surface area contributed by atoms with E-state index >= 15 is 0 Å². The van der Waals surface area contributed by atoms with Crippen LogP contribution in [0.4, 0.5) is 17.6 Å². The fourth-order valence-corrected chi connectivity index (χ4v) is 1.98. The maximum atomic E-state index is 13.1. The third kappa shape index (κ3) is 5.19. The van der Waals surface area contributed by atoms with Crippen LogP contribution in [0.15, 0.2) is 18.2 Å². The Balaban J connectivity index is 2.70. The molecule has 0 saturated heterocycles. The van der Waals surface area contributed by atoms with Crippen LogP contribution < -0.4 is 5.32 Å². The molecule has 1 aromatic rings. The Labute approximate surface area is 111 Å². The molecule has 0 amide bonds. The SMILES string of the molecule is CC(C)CC(C)NCc1ccc(F)c(C(F)(F)F)c1. The fourth-order valence-electron chi connectivity index (χ4n) is 1.98. The van der Waals surface area contributed by atoms with Crippen molar-refractivity contribution in [2.24, 2.45) is 5.92 Å². The average molecular weight is 277 g/mol. The van der Waals surface area contributed by atoms with Crippen LogP contribution in [0.1, 0.15) is 38.3 Å². The summed E-state index contributed by atoms with van der Waals surface area (Å²) in [4.78, 5) is 0. The summed E-state index contributed by atoms with van der Waals surface area (Å²) in [7, 11) is 0. The summed E-state index contributed by atoms with van der Waals surface area (Å²) in [6.07, 6.45) is -3.71. The summed E-state index contributed by atoms with van der Waals surface area (Å²) in [5.74, 6) is -0.715. The molecule has 0 aliphatic rings. The van der Waals surface area contributed by atoms with E-state index in [1.165, 1.54) is 6.07 Å². The topological polar surface area (TPSA) is 12.0 Å².